The zero-order valence-electron chi connectivity index (χ0n) is 13.8. The second kappa shape index (κ2) is 8.26. The van der Waals surface area contributed by atoms with Gasteiger partial charge in [-0.25, -0.2) is 0 Å². The van der Waals surface area contributed by atoms with E-state index < -0.39 is 0 Å². The first kappa shape index (κ1) is 16.9. The molecule has 0 atom stereocenters. The highest BCUT2D eigenvalue weighted by molar-refractivity contribution is 5.91. The lowest BCUT2D eigenvalue weighted by Crippen LogP contribution is -2.14. The normalized spacial score (nSPS) is 10.6. The third kappa shape index (κ3) is 4.33. The average molecular weight is 336 g/mol. The summed E-state index contributed by atoms with van der Waals surface area (Å²) in [5.41, 5.74) is 1.19. The van der Waals surface area contributed by atoms with Gasteiger partial charge >= 0.3 is 0 Å². The summed E-state index contributed by atoms with van der Waals surface area (Å²) in [6, 6.07) is 15.7. The van der Waals surface area contributed by atoms with E-state index in [0.717, 1.165) is 16.5 Å². The molecule has 0 aliphatic heterocycles. The number of rotatable bonds is 7. The van der Waals surface area contributed by atoms with Crippen LogP contribution in [0.5, 0.6) is 5.75 Å². The molecule has 0 spiro atoms. The molecule has 0 bridgehead atoms. The van der Waals surface area contributed by atoms with E-state index in [4.69, 9.17) is 4.74 Å². The van der Waals surface area contributed by atoms with Crippen LogP contribution in [0, 0.1) is 0 Å². The Balaban J connectivity index is 1.50. The smallest absolute Gasteiger partial charge is 0.224 e. The standard InChI is InChI=1S/C20H20N2O3/c23-14-16-10-11-21-13-18(16)22-20(24)9-4-12-25-19-8-3-6-15-5-1-2-7-17(15)19/h1-3,5-8,10-11,13,23H,4,9,12,14H2,(H,22,24). The largest absolute Gasteiger partial charge is 0.493 e. The molecule has 0 saturated heterocycles. The van der Waals surface area contributed by atoms with Gasteiger partial charge in [0.25, 0.3) is 0 Å². The molecular weight excluding hydrogens is 316 g/mol. The summed E-state index contributed by atoms with van der Waals surface area (Å²) in [5.74, 6) is 0.706. The number of aliphatic hydroxyl groups excluding tert-OH is 1. The van der Waals surface area contributed by atoms with E-state index in [1.54, 1.807) is 12.3 Å². The zero-order chi connectivity index (χ0) is 17.5. The summed E-state index contributed by atoms with van der Waals surface area (Å²) in [7, 11) is 0. The number of fused-ring (bicyclic) bond motifs is 1. The number of amides is 1. The lowest BCUT2D eigenvalue weighted by molar-refractivity contribution is -0.116. The number of ether oxygens (including phenoxy) is 1. The molecule has 1 amide bonds. The average Bonchev–Trinajstić information content (AvgIpc) is 2.66. The molecule has 0 saturated carbocycles. The SMILES string of the molecule is O=C(CCCOc1cccc2ccccc12)Nc1cnccc1CO. The van der Waals surface area contributed by atoms with E-state index in [0.29, 0.717) is 30.7 Å². The summed E-state index contributed by atoms with van der Waals surface area (Å²) >= 11 is 0. The van der Waals surface area contributed by atoms with E-state index in [9.17, 15) is 9.90 Å². The van der Waals surface area contributed by atoms with Crippen LogP contribution in [0.25, 0.3) is 10.8 Å². The van der Waals surface area contributed by atoms with Crippen LogP contribution in [0.4, 0.5) is 5.69 Å². The molecule has 3 rings (SSSR count). The fraction of sp³-hybridized carbons (Fsp3) is 0.200. The minimum atomic E-state index is -0.137. The van der Waals surface area contributed by atoms with Crippen LogP contribution in [-0.2, 0) is 11.4 Å². The van der Waals surface area contributed by atoms with Crippen LogP contribution in [0.1, 0.15) is 18.4 Å². The molecule has 128 valence electrons. The van der Waals surface area contributed by atoms with Crippen LogP contribution in [0.2, 0.25) is 0 Å². The van der Waals surface area contributed by atoms with E-state index >= 15 is 0 Å². The quantitative estimate of drug-likeness (QED) is 0.648. The van der Waals surface area contributed by atoms with Gasteiger partial charge in [-0.05, 0) is 23.9 Å². The van der Waals surface area contributed by atoms with Gasteiger partial charge in [0, 0.05) is 23.6 Å². The Morgan fingerprint density at radius 3 is 2.84 bits per heavy atom. The van der Waals surface area contributed by atoms with Crippen LogP contribution >= 0.6 is 0 Å². The van der Waals surface area contributed by atoms with Crippen molar-refractivity contribution in [1.29, 1.82) is 0 Å². The van der Waals surface area contributed by atoms with Crippen LogP contribution in [0.15, 0.2) is 60.9 Å². The number of pyridine rings is 1. The number of aliphatic hydroxyl groups is 1. The number of carbonyl (C=O) groups is 1. The maximum Gasteiger partial charge on any atom is 0.224 e. The number of aromatic nitrogens is 1. The van der Waals surface area contributed by atoms with Crippen molar-refractivity contribution in [2.75, 3.05) is 11.9 Å². The monoisotopic (exact) mass is 336 g/mol. The molecular formula is C20H20N2O3. The molecule has 1 aromatic heterocycles. The first-order chi connectivity index (χ1) is 12.3. The van der Waals surface area contributed by atoms with Gasteiger partial charge in [0.2, 0.25) is 5.91 Å². The highest BCUT2D eigenvalue weighted by Gasteiger charge is 2.07. The van der Waals surface area contributed by atoms with Crippen molar-refractivity contribution < 1.29 is 14.6 Å². The van der Waals surface area contributed by atoms with E-state index in [1.807, 2.05) is 42.5 Å². The number of benzene rings is 2. The summed E-state index contributed by atoms with van der Waals surface area (Å²) in [6.07, 6.45) is 4.06. The van der Waals surface area contributed by atoms with Gasteiger partial charge in [0.05, 0.1) is 25.1 Å². The van der Waals surface area contributed by atoms with Crippen molar-refractivity contribution in [3.63, 3.8) is 0 Å². The number of hydrogen-bond acceptors (Lipinski definition) is 4. The minimum absolute atomic E-state index is 0.121. The molecule has 0 aliphatic carbocycles. The van der Waals surface area contributed by atoms with Crippen LogP contribution in [0.3, 0.4) is 0 Å². The Morgan fingerprint density at radius 1 is 1.12 bits per heavy atom. The van der Waals surface area contributed by atoms with E-state index in [1.165, 1.54) is 6.20 Å². The third-order valence-electron chi connectivity index (χ3n) is 3.91. The Labute approximate surface area is 146 Å². The van der Waals surface area contributed by atoms with Crippen LogP contribution in [-0.4, -0.2) is 22.6 Å². The maximum absolute atomic E-state index is 12.0. The van der Waals surface area contributed by atoms with Crippen molar-refractivity contribution in [3.8, 4) is 5.75 Å². The van der Waals surface area contributed by atoms with Crippen molar-refractivity contribution in [2.24, 2.45) is 0 Å². The van der Waals surface area contributed by atoms with Crippen LogP contribution < -0.4 is 10.1 Å². The molecule has 0 unspecified atom stereocenters. The fourth-order valence-electron chi connectivity index (χ4n) is 2.62. The van der Waals surface area contributed by atoms with Crippen molar-refractivity contribution >= 4 is 22.4 Å². The lowest BCUT2D eigenvalue weighted by Gasteiger charge is -2.10. The number of anilines is 1. The number of nitrogens with zero attached hydrogens (tertiary/aromatic N) is 1. The molecule has 5 nitrogen and oxygen atoms in total. The molecule has 1 heterocycles. The van der Waals surface area contributed by atoms with E-state index in [-0.39, 0.29) is 12.5 Å². The highest BCUT2D eigenvalue weighted by atomic mass is 16.5. The van der Waals surface area contributed by atoms with Gasteiger partial charge in [-0.2, -0.15) is 0 Å². The third-order valence-corrected chi connectivity index (χ3v) is 3.91. The molecule has 0 aliphatic rings. The van der Waals surface area contributed by atoms with Crippen molar-refractivity contribution in [1.82, 2.24) is 4.98 Å². The van der Waals surface area contributed by atoms with Gasteiger partial charge in [-0.3, -0.25) is 9.78 Å². The fourth-order valence-corrected chi connectivity index (χ4v) is 2.62. The molecule has 0 fully saturated rings. The molecule has 2 N–H and O–H groups in total. The van der Waals surface area contributed by atoms with Crippen molar-refractivity contribution in [3.05, 3.63) is 66.5 Å². The second-order valence-electron chi connectivity index (χ2n) is 5.67. The Kier molecular flexibility index (Phi) is 5.59. The van der Waals surface area contributed by atoms with Gasteiger partial charge in [0.15, 0.2) is 0 Å². The Hall–Kier alpha value is -2.92. The van der Waals surface area contributed by atoms with Gasteiger partial charge in [-0.15, -0.1) is 0 Å². The predicted octanol–water partition coefficient (Wildman–Crippen LogP) is 3.52. The van der Waals surface area contributed by atoms with Crippen molar-refractivity contribution in [2.45, 2.75) is 19.4 Å². The molecule has 3 aromatic rings. The van der Waals surface area contributed by atoms with Gasteiger partial charge in [-0.1, -0.05) is 36.4 Å². The topological polar surface area (TPSA) is 71.5 Å². The molecule has 5 heteroatoms. The Bertz CT molecular complexity index is 859. The minimum Gasteiger partial charge on any atom is -0.493 e. The number of hydrogen-bond donors (Lipinski definition) is 2. The first-order valence-corrected chi connectivity index (χ1v) is 8.22. The second-order valence-corrected chi connectivity index (χ2v) is 5.67. The molecule has 2 aromatic carbocycles. The summed E-state index contributed by atoms with van der Waals surface area (Å²) < 4.78 is 5.83. The Morgan fingerprint density at radius 2 is 1.96 bits per heavy atom. The summed E-state index contributed by atoms with van der Waals surface area (Å²) in [5, 5.41) is 14.2. The van der Waals surface area contributed by atoms with E-state index in [2.05, 4.69) is 10.3 Å². The molecule has 0 radical (unpaired) electrons. The highest BCUT2D eigenvalue weighted by Crippen LogP contribution is 2.25. The first-order valence-electron chi connectivity index (χ1n) is 8.22. The number of nitrogens with one attached hydrogen (secondary N) is 1. The summed E-state index contributed by atoms with van der Waals surface area (Å²) in [6.45, 7) is 0.323. The predicted molar refractivity (Wildman–Crippen MR) is 97.5 cm³/mol. The maximum atomic E-state index is 12.0. The van der Waals surface area contributed by atoms with Gasteiger partial charge < -0.3 is 15.2 Å². The van der Waals surface area contributed by atoms with Gasteiger partial charge in [0.1, 0.15) is 5.75 Å². The number of carbonyl (C=O) groups excluding carboxylic acids is 1. The summed E-state index contributed by atoms with van der Waals surface area (Å²) in [4.78, 5) is 16.0. The zero-order valence-corrected chi connectivity index (χ0v) is 13.8. The molecule has 25 heavy (non-hydrogen) atoms. The lowest BCUT2D eigenvalue weighted by atomic mass is 10.1.